The van der Waals surface area contributed by atoms with Crippen molar-refractivity contribution < 1.29 is 9.53 Å². The lowest BCUT2D eigenvalue weighted by atomic mass is 10.2. The number of para-hydroxylation sites is 2. The lowest BCUT2D eigenvalue weighted by molar-refractivity contribution is -0.130. The largest absolute Gasteiger partial charge is 0.495 e. The van der Waals surface area contributed by atoms with Crippen molar-refractivity contribution in [1.82, 2.24) is 10.2 Å². The first-order chi connectivity index (χ1) is 9.22. The number of carbonyl (C=O) groups is 1. The Morgan fingerprint density at radius 3 is 2.74 bits per heavy atom. The Balaban J connectivity index is 1.99. The normalized spacial score (nSPS) is 15.2. The molecule has 5 heteroatoms. The number of amides is 1. The molecule has 2 rings (SSSR count). The highest BCUT2D eigenvalue weighted by atomic mass is 16.5. The molecule has 0 aliphatic carbocycles. The van der Waals surface area contributed by atoms with Gasteiger partial charge >= 0.3 is 0 Å². The van der Waals surface area contributed by atoms with E-state index in [9.17, 15) is 4.79 Å². The standard InChI is InChI=1S/C14H21N3O2/c1-16(12-5-3-4-6-13(12)19-2)11-14(18)17-9-7-15-8-10-17/h3-6,15H,7-11H2,1-2H3. The molecule has 0 bridgehead atoms. The van der Waals surface area contributed by atoms with Crippen LogP contribution < -0.4 is 15.0 Å². The lowest BCUT2D eigenvalue weighted by Gasteiger charge is -2.30. The Morgan fingerprint density at radius 2 is 2.05 bits per heavy atom. The second kappa shape index (κ2) is 6.43. The van der Waals surface area contributed by atoms with Gasteiger partial charge in [0.1, 0.15) is 5.75 Å². The molecule has 0 spiro atoms. The Bertz CT molecular complexity index is 430. The van der Waals surface area contributed by atoms with Gasteiger partial charge in [-0.1, -0.05) is 12.1 Å². The number of hydrogen-bond acceptors (Lipinski definition) is 4. The van der Waals surface area contributed by atoms with E-state index in [4.69, 9.17) is 4.74 Å². The molecule has 1 aromatic rings. The number of benzene rings is 1. The van der Waals surface area contributed by atoms with E-state index in [0.717, 1.165) is 37.6 Å². The number of nitrogens with one attached hydrogen (secondary N) is 1. The summed E-state index contributed by atoms with van der Waals surface area (Å²) in [6, 6.07) is 7.74. The molecule has 1 saturated heterocycles. The fraction of sp³-hybridized carbons (Fsp3) is 0.500. The van der Waals surface area contributed by atoms with Crippen molar-refractivity contribution in [2.45, 2.75) is 0 Å². The van der Waals surface area contributed by atoms with Crippen molar-refractivity contribution in [1.29, 1.82) is 0 Å². The van der Waals surface area contributed by atoms with Gasteiger partial charge in [0.25, 0.3) is 0 Å². The summed E-state index contributed by atoms with van der Waals surface area (Å²) in [5.74, 6) is 0.952. The fourth-order valence-electron chi connectivity index (χ4n) is 2.25. The quantitative estimate of drug-likeness (QED) is 0.862. The highest BCUT2D eigenvalue weighted by Gasteiger charge is 2.18. The van der Waals surface area contributed by atoms with E-state index in [2.05, 4.69) is 5.32 Å². The summed E-state index contributed by atoms with van der Waals surface area (Å²) >= 11 is 0. The third-order valence-corrected chi connectivity index (χ3v) is 3.34. The van der Waals surface area contributed by atoms with E-state index in [0.29, 0.717) is 6.54 Å². The summed E-state index contributed by atoms with van der Waals surface area (Å²) in [6.45, 7) is 3.71. The molecule has 1 aromatic carbocycles. The number of hydrogen-bond donors (Lipinski definition) is 1. The molecule has 104 valence electrons. The molecule has 0 aromatic heterocycles. The van der Waals surface area contributed by atoms with E-state index in [1.54, 1.807) is 7.11 Å². The van der Waals surface area contributed by atoms with Crippen LogP contribution in [0, 0.1) is 0 Å². The lowest BCUT2D eigenvalue weighted by Crippen LogP contribution is -2.49. The number of likely N-dealkylation sites (N-methyl/N-ethyl adjacent to an activating group) is 1. The maximum atomic E-state index is 12.2. The van der Waals surface area contributed by atoms with Crippen molar-refractivity contribution in [3.63, 3.8) is 0 Å². The molecule has 5 nitrogen and oxygen atoms in total. The SMILES string of the molecule is COc1ccccc1N(C)CC(=O)N1CCNCC1. The molecule has 1 amide bonds. The van der Waals surface area contributed by atoms with Gasteiger partial charge in [-0.2, -0.15) is 0 Å². The molecule has 19 heavy (non-hydrogen) atoms. The number of carbonyl (C=O) groups excluding carboxylic acids is 1. The average Bonchev–Trinajstić information content (AvgIpc) is 2.48. The molecular weight excluding hydrogens is 242 g/mol. The topological polar surface area (TPSA) is 44.8 Å². The van der Waals surface area contributed by atoms with Crippen molar-refractivity contribution in [3.8, 4) is 5.75 Å². The molecule has 0 atom stereocenters. The molecular formula is C14H21N3O2. The number of rotatable bonds is 4. The van der Waals surface area contributed by atoms with E-state index < -0.39 is 0 Å². The predicted octanol–water partition coefficient (Wildman–Crippen LogP) is 0.563. The molecule has 1 aliphatic rings. The van der Waals surface area contributed by atoms with Crippen molar-refractivity contribution in [2.24, 2.45) is 0 Å². The van der Waals surface area contributed by atoms with Gasteiger partial charge in [0, 0.05) is 33.2 Å². The van der Waals surface area contributed by atoms with Gasteiger partial charge < -0.3 is 19.9 Å². The number of anilines is 1. The fourth-order valence-corrected chi connectivity index (χ4v) is 2.25. The van der Waals surface area contributed by atoms with Crippen LogP contribution in [0.25, 0.3) is 0 Å². The van der Waals surface area contributed by atoms with Crippen LogP contribution in [0.2, 0.25) is 0 Å². The first-order valence-corrected chi connectivity index (χ1v) is 6.55. The van der Waals surface area contributed by atoms with Crippen molar-refractivity contribution in [2.75, 3.05) is 51.8 Å². The zero-order chi connectivity index (χ0) is 13.7. The molecule has 0 radical (unpaired) electrons. The smallest absolute Gasteiger partial charge is 0.242 e. The van der Waals surface area contributed by atoms with Crippen LogP contribution in [0.15, 0.2) is 24.3 Å². The summed E-state index contributed by atoms with van der Waals surface area (Å²) < 4.78 is 5.32. The summed E-state index contributed by atoms with van der Waals surface area (Å²) in [7, 11) is 3.56. The van der Waals surface area contributed by atoms with Crippen LogP contribution in [0.4, 0.5) is 5.69 Å². The third kappa shape index (κ3) is 3.38. The van der Waals surface area contributed by atoms with Gasteiger partial charge in [-0.3, -0.25) is 4.79 Å². The maximum Gasteiger partial charge on any atom is 0.242 e. The summed E-state index contributed by atoms with van der Waals surface area (Å²) in [5.41, 5.74) is 0.938. The Labute approximate surface area is 114 Å². The van der Waals surface area contributed by atoms with Crippen LogP contribution in [0.3, 0.4) is 0 Å². The Morgan fingerprint density at radius 1 is 1.37 bits per heavy atom. The minimum atomic E-state index is 0.162. The van der Waals surface area contributed by atoms with Crippen molar-refractivity contribution >= 4 is 11.6 Å². The van der Waals surface area contributed by atoms with E-state index in [-0.39, 0.29) is 5.91 Å². The second-order valence-corrected chi connectivity index (χ2v) is 4.66. The van der Waals surface area contributed by atoms with Gasteiger partial charge in [-0.25, -0.2) is 0 Å². The number of methoxy groups -OCH3 is 1. The van der Waals surface area contributed by atoms with Crippen LogP contribution in [-0.4, -0.2) is 57.7 Å². The molecule has 0 saturated carbocycles. The van der Waals surface area contributed by atoms with Gasteiger partial charge in [-0.05, 0) is 12.1 Å². The van der Waals surface area contributed by atoms with Crippen LogP contribution >= 0.6 is 0 Å². The summed E-state index contributed by atoms with van der Waals surface area (Å²) in [5, 5.41) is 3.25. The molecule has 1 N–H and O–H groups in total. The molecule has 1 heterocycles. The first-order valence-electron chi connectivity index (χ1n) is 6.55. The van der Waals surface area contributed by atoms with Gasteiger partial charge in [-0.15, -0.1) is 0 Å². The van der Waals surface area contributed by atoms with E-state index in [1.165, 1.54) is 0 Å². The van der Waals surface area contributed by atoms with E-state index in [1.807, 2.05) is 41.1 Å². The predicted molar refractivity (Wildman–Crippen MR) is 75.7 cm³/mol. The zero-order valence-electron chi connectivity index (χ0n) is 11.6. The second-order valence-electron chi connectivity index (χ2n) is 4.66. The minimum Gasteiger partial charge on any atom is -0.495 e. The third-order valence-electron chi connectivity index (χ3n) is 3.34. The molecule has 1 fully saturated rings. The summed E-state index contributed by atoms with van der Waals surface area (Å²) in [6.07, 6.45) is 0. The minimum absolute atomic E-state index is 0.162. The highest BCUT2D eigenvalue weighted by Crippen LogP contribution is 2.26. The number of ether oxygens (including phenoxy) is 1. The first kappa shape index (κ1) is 13.7. The van der Waals surface area contributed by atoms with Crippen LogP contribution in [0.1, 0.15) is 0 Å². The monoisotopic (exact) mass is 263 g/mol. The van der Waals surface area contributed by atoms with Crippen LogP contribution in [0.5, 0.6) is 5.75 Å². The molecule has 1 aliphatic heterocycles. The maximum absolute atomic E-state index is 12.2. The Hall–Kier alpha value is -1.75. The van der Waals surface area contributed by atoms with Gasteiger partial charge in [0.05, 0.1) is 19.3 Å². The highest BCUT2D eigenvalue weighted by molar-refractivity contribution is 5.82. The number of piperazine rings is 1. The summed E-state index contributed by atoms with van der Waals surface area (Å²) in [4.78, 5) is 16.0. The Kier molecular flexibility index (Phi) is 4.63. The van der Waals surface area contributed by atoms with Gasteiger partial charge in [0.15, 0.2) is 0 Å². The van der Waals surface area contributed by atoms with Gasteiger partial charge in [0.2, 0.25) is 5.91 Å². The van der Waals surface area contributed by atoms with E-state index >= 15 is 0 Å². The average molecular weight is 263 g/mol. The van der Waals surface area contributed by atoms with Crippen molar-refractivity contribution in [3.05, 3.63) is 24.3 Å². The zero-order valence-corrected chi connectivity index (χ0v) is 11.6. The molecule has 0 unspecified atom stereocenters. The number of nitrogens with zero attached hydrogens (tertiary/aromatic N) is 2. The van der Waals surface area contributed by atoms with Crippen LogP contribution in [-0.2, 0) is 4.79 Å².